The van der Waals surface area contributed by atoms with Gasteiger partial charge in [0.05, 0.1) is 11.9 Å². The molecular weight excluding hydrogens is 226 g/mol. The van der Waals surface area contributed by atoms with Crippen molar-refractivity contribution in [2.75, 3.05) is 23.8 Å². The van der Waals surface area contributed by atoms with Crippen molar-refractivity contribution in [1.29, 1.82) is 0 Å². The number of amides is 1. The lowest BCUT2D eigenvalue weighted by molar-refractivity contribution is -0.116. The Bertz CT molecular complexity index is 362. The number of unbranched alkanes of at least 4 members (excludes halogenated alkanes) is 1. The summed E-state index contributed by atoms with van der Waals surface area (Å²) >= 11 is 0. The zero-order chi connectivity index (χ0) is 13.4. The molecule has 100 valence electrons. The molecule has 4 nitrogen and oxygen atoms in total. The van der Waals surface area contributed by atoms with Gasteiger partial charge in [-0.05, 0) is 25.0 Å². The number of carbonyl (C=O) groups excluding carboxylic acids is 1. The standard InChI is InChI=1S/C14H23N3O/c1-4-6-10-17(3)13-9-8-12(11-15-13)16-14(18)7-5-2/h8-9,11H,4-7,10H2,1-3H3,(H,16,18). The van der Waals surface area contributed by atoms with E-state index in [-0.39, 0.29) is 5.91 Å². The number of hydrogen-bond acceptors (Lipinski definition) is 3. The molecule has 0 fully saturated rings. The third-order valence-corrected chi connectivity index (χ3v) is 2.75. The maximum atomic E-state index is 11.4. The van der Waals surface area contributed by atoms with Crippen LogP contribution in [0.15, 0.2) is 18.3 Å². The SMILES string of the molecule is CCCCN(C)c1ccc(NC(=O)CCC)cn1. The quantitative estimate of drug-likeness (QED) is 0.807. The summed E-state index contributed by atoms with van der Waals surface area (Å²) in [4.78, 5) is 17.9. The highest BCUT2D eigenvalue weighted by molar-refractivity contribution is 5.90. The average Bonchev–Trinajstić information content (AvgIpc) is 2.37. The van der Waals surface area contributed by atoms with Gasteiger partial charge in [0.25, 0.3) is 0 Å². The second-order valence-electron chi connectivity index (χ2n) is 4.48. The van der Waals surface area contributed by atoms with E-state index in [2.05, 4.69) is 22.1 Å². The Morgan fingerprint density at radius 2 is 2.11 bits per heavy atom. The van der Waals surface area contributed by atoms with Crippen LogP contribution >= 0.6 is 0 Å². The van der Waals surface area contributed by atoms with Crippen LogP contribution < -0.4 is 10.2 Å². The summed E-state index contributed by atoms with van der Waals surface area (Å²) in [6.07, 6.45) is 5.46. The van der Waals surface area contributed by atoms with E-state index >= 15 is 0 Å². The van der Waals surface area contributed by atoms with Crippen molar-refractivity contribution in [3.05, 3.63) is 18.3 Å². The molecule has 1 aromatic heterocycles. The Hall–Kier alpha value is -1.58. The second kappa shape index (κ2) is 7.69. The molecular formula is C14H23N3O. The van der Waals surface area contributed by atoms with E-state index < -0.39 is 0 Å². The number of nitrogens with zero attached hydrogens (tertiary/aromatic N) is 2. The number of pyridine rings is 1. The van der Waals surface area contributed by atoms with Gasteiger partial charge in [0.1, 0.15) is 5.82 Å². The van der Waals surface area contributed by atoms with Crippen molar-refractivity contribution in [3.63, 3.8) is 0 Å². The van der Waals surface area contributed by atoms with Gasteiger partial charge in [0, 0.05) is 20.0 Å². The molecule has 0 aromatic carbocycles. The number of carbonyl (C=O) groups is 1. The van der Waals surface area contributed by atoms with Crippen molar-refractivity contribution in [2.24, 2.45) is 0 Å². The first-order valence-electron chi connectivity index (χ1n) is 6.64. The number of aromatic nitrogens is 1. The van der Waals surface area contributed by atoms with Gasteiger partial charge in [-0.15, -0.1) is 0 Å². The molecule has 0 unspecified atom stereocenters. The number of anilines is 2. The summed E-state index contributed by atoms with van der Waals surface area (Å²) in [7, 11) is 2.04. The third kappa shape index (κ3) is 4.73. The predicted molar refractivity (Wildman–Crippen MR) is 76.0 cm³/mol. The number of hydrogen-bond donors (Lipinski definition) is 1. The minimum absolute atomic E-state index is 0.0476. The summed E-state index contributed by atoms with van der Waals surface area (Å²) in [5, 5.41) is 2.83. The van der Waals surface area contributed by atoms with Crippen LogP contribution in [0, 0.1) is 0 Å². The molecule has 1 heterocycles. The van der Waals surface area contributed by atoms with Crippen LogP contribution in [0.25, 0.3) is 0 Å². The topological polar surface area (TPSA) is 45.2 Å². The minimum atomic E-state index is 0.0476. The highest BCUT2D eigenvalue weighted by atomic mass is 16.1. The van der Waals surface area contributed by atoms with Crippen LogP contribution in [0.5, 0.6) is 0 Å². The van der Waals surface area contributed by atoms with Gasteiger partial charge in [-0.25, -0.2) is 4.98 Å². The van der Waals surface area contributed by atoms with Crippen molar-refractivity contribution in [2.45, 2.75) is 39.5 Å². The fourth-order valence-electron chi connectivity index (χ4n) is 1.65. The van der Waals surface area contributed by atoms with Gasteiger partial charge in [-0.1, -0.05) is 20.3 Å². The fourth-order valence-corrected chi connectivity index (χ4v) is 1.65. The summed E-state index contributed by atoms with van der Waals surface area (Å²) in [6.45, 7) is 5.17. The molecule has 18 heavy (non-hydrogen) atoms. The third-order valence-electron chi connectivity index (χ3n) is 2.75. The highest BCUT2D eigenvalue weighted by Crippen LogP contribution is 2.13. The Labute approximate surface area is 109 Å². The van der Waals surface area contributed by atoms with Gasteiger partial charge >= 0.3 is 0 Å². The Morgan fingerprint density at radius 1 is 1.33 bits per heavy atom. The largest absolute Gasteiger partial charge is 0.360 e. The van der Waals surface area contributed by atoms with Crippen LogP contribution in [0.3, 0.4) is 0 Å². The van der Waals surface area contributed by atoms with Crippen molar-refractivity contribution in [3.8, 4) is 0 Å². The van der Waals surface area contributed by atoms with Gasteiger partial charge in [0.2, 0.25) is 5.91 Å². The molecule has 0 aliphatic heterocycles. The Morgan fingerprint density at radius 3 is 2.67 bits per heavy atom. The van der Waals surface area contributed by atoms with Crippen LogP contribution in [-0.2, 0) is 4.79 Å². The van der Waals surface area contributed by atoms with Crippen LogP contribution in [0.2, 0.25) is 0 Å². The Kier molecular flexibility index (Phi) is 6.19. The first-order valence-corrected chi connectivity index (χ1v) is 6.64. The summed E-state index contributed by atoms with van der Waals surface area (Å²) in [6, 6.07) is 3.84. The normalized spacial score (nSPS) is 10.2. The molecule has 0 atom stereocenters. The molecule has 1 rings (SSSR count). The fraction of sp³-hybridized carbons (Fsp3) is 0.571. The zero-order valence-electron chi connectivity index (χ0n) is 11.6. The van der Waals surface area contributed by atoms with Crippen molar-refractivity contribution < 1.29 is 4.79 Å². The maximum absolute atomic E-state index is 11.4. The highest BCUT2D eigenvalue weighted by Gasteiger charge is 2.04. The van der Waals surface area contributed by atoms with Crippen molar-refractivity contribution in [1.82, 2.24) is 4.98 Å². The maximum Gasteiger partial charge on any atom is 0.224 e. The van der Waals surface area contributed by atoms with Gasteiger partial charge in [0.15, 0.2) is 0 Å². The Balaban J connectivity index is 2.54. The van der Waals surface area contributed by atoms with Gasteiger partial charge < -0.3 is 10.2 Å². The first-order chi connectivity index (χ1) is 8.67. The smallest absolute Gasteiger partial charge is 0.224 e. The molecule has 0 spiro atoms. The molecule has 0 aliphatic rings. The monoisotopic (exact) mass is 249 g/mol. The molecule has 1 aromatic rings. The lowest BCUT2D eigenvalue weighted by atomic mass is 10.3. The van der Waals surface area contributed by atoms with Crippen molar-refractivity contribution >= 4 is 17.4 Å². The molecule has 0 radical (unpaired) electrons. The molecule has 1 N–H and O–H groups in total. The van der Waals surface area contributed by atoms with Gasteiger partial charge in [-0.2, -0.15) is 0 Å². The van der Waals surface area contributed by atoms with Crippen LogP contribution in [0.4, 0.5) is 11.5 Å². The number of nitrogens with one attached hydrogen (secondary N) is 1. The minimum Gasteiger partial charge on any atom is -0.360 e. The summed E-state index contributed by atoms with van der Waals surface area (Å²) in [5.41, 5.74) is 0.765. The predicted octanol–water partition coefficient (Wildman–Crippen LogP) is 3.06. The summed E-state index contributed by atoms with van der Waals surface area (Å²) < 4.78 is 0. The van der Waals surface area contributed by atoms with E-state index in [9.17, 15) is 4.79 Å². The summed E-state index contributed by atoms with van der Waals surface area (Å²) in [5.74, 6) is 0.989. The molecule has 1 amide bonds. The zero-order valence-corrected chi connectivity index (χ0v) is 11.6. The number of rotatable bonds is 7. The van der Waals surface area contributed by atoms with E-state index in [0.717, 1.165) is 30.9 Å². The average molecular weight is 249 g/mol. The van der Waals surface area contributed by atoms with Gasteiger partial charge in [-0.3, -0.25) is 4.79 Å². The molecule has 4 heteroatoms. The van der Waals surface area contributed by atoms with Crippen LogP contribution in [0.1, 0.15) is 39.5 Å². The lowest BCUT2D eigenvalue weighted by Gasteiger charge is -2.17. The van der Waals surface area contributed by atoms with Crippen LogP contribution in [-0.4, -0.2) is 24.5 Å². The molecule has 0 saturated heterocycles. The molecule has 0 saturated carbocycles. The molecule has 0 bridgehead atoms. The van der Waals surface area contributed by atoms with E-state index in [1.165, 1.54) is 6.42 Å². The molecule has 0 aliphatic carbocycles. The lowest BCUT2D eigenvalue weighted by Crippen LogP contribution is -2.19. The van der Waals surface area contributed by atoms with E-state index in [4.69, 9.17) is 0 Å². The van der Waals surface area contributed by atoms with E-state index in [1.807, 2.05) is 26.1 Å². The van der Waals surface area contributed by atoms with E-state index in [0.29, 0.717) is 6.42 Å². The second-order valence-corrected chi connectivity index (χ2v) is 4.48. The first kappa shape index (κ1) is 14.5. The van der Waals surface area contributed by atoms with E-state index in [1.54, 1.807) is 6.20 Å².